The van der Waals surface area contributed by atoms with Crippen LogP contribution in [0.25, 0.3) is 0 Å². The molecule has 2 aromatic rings. The van der Waals surface area contributed by atoms with E-state index in [0.717, 1.165) is 11.5 Å². The summed E-state index contributed by atoms with van der Waals surface area (Å²) in [6, 6.07) is 15.2. The van der Waals surface area contributed by atoms with Gasteiger partial charge in [-0.1, -0.05) is 107 Å². The van der Waals surface area contributed by atoms with Crippen LogP contribution in [0.15, 0.2) is 54.6 Å². The van der Waals surface area contributed by atoms with Crippen molar-refractivity contribution >= 4 is 11.9 Å². The van der Waals surface area contributed by atoms with Gasteiger partial charge in [-0.15, -0.1) is 0 Å². The standard InChI is InChI=1S/C15H12O4.C11H22/c16-14(17)12-8-4-5-9-13(12)15(18)19-10-11-6-2-1-3-7-11;1-2-3-4-5-6-8-11-9-7-10-11/h1-9H,10H2,(H,16,17);11H,2-10H2,1H3. The zero-order valence-corrected chi connectivity index (χ0v) is 18.0. The molecule has 0 aliphatic heterocycles. The van der Waals surface area contributed by atoms with Crippen molar-refractivity contribution in [2.75, 3.05) is 0 Å². The molecule has 0 saturated heterocycles. The van der Waals surface area contributed by atoms with Crippen molar-refractivity contribution in [3.8, 4) is 0 Å². The second-order valence-corrected chi connectivity index (χ2v) is 7.91. The highest BCUT2D eigenvalue weighted by atomic mass is 16.5. The Labute approximate surface area is 180 Å². The number of carboxylic acids is 1. The average molecular weight is 411 g/mol. The molecule has 162 valence electrons. The lowest BCUT2D eigenvalue weighted by Gasteiger charge is -2.24. The van der Waals surface area contributed by atoms with Gasteiger partial charge in [0.2, 0.25) is 0 Å². The van der Waals surface area contributed by atoms with Gasteiger partial charge in [-0.3, -0.25) is 0 Å². The summed E-state index contributed by atoms with van der Waals surface area (Å²) >= 11 is 0. The predicted molar refractivity (Wildman–Crippen MR) is 120 cm³/mol. The Kier molecular flexibility index (Phi) is 10.7. The lowest BCUT2D eigenvalue weighted by Crippen LogP contribution is -2.11. The molecule has 4 nitrogen and oxygen atoms in total. The number of ether oxygens (including phenoxy) is 1. The van der Waals surface area contributed by atoms with E-state index < -0.39 is 11.9 Å². The molecule has 0 atom stereocenters. The first-order valence-corrected chi connectivity index (χ1v) is 11.1. The van der Waals surface area contributed by atoms with Crippen molar-refractivity contribution in [3.63, 3.8) is 0 Å². The van der Waals surface area contributed by atoms with E-state index in [1.165, 1.54) is 69.9 Å². The van der Waals surface area contributed by atoms with Gasteiger partial charge in [0, 0.05) is 0 Å². The highest BCUT2D eigenvalue weighted by Gasteiger charge is 2.17. The maximum absolute atomic E-state index is 11.9. The Hall–Kier alpha value is -2.62. The van der Waals surface area contributed by atoms with Crippen LogP contribution in [0.5, 0.6) is 0 Å². The quantitative estimate of drug-likeness (QED) is 0.342. The van der Waals surface area contributed by atoms with Gasteiger partial charge in [0.25, 0.3) is 0 Å². The summed E-state index contributed by atoms with van der Waals surface area (Å²) in [6.45, 7) is 2.40. The smallest absolute Gasteiger partial charge is 0.339 e. The molecule has 1 aliphatic rings. The zero-order valence-electron chi connectivity index (χ0n) is 18.0. The highest BCUT2D eigenvalue weighted by Crippen LogP contribution is 2.31. The molecule has 0 bridgehead atoms. The number of benzene rings is 2. The highest BCUT2D eigenvalue weighted by molar-refractivity contribution is 6.02. The number of hydrogen-bond donors (Lipinski definition) is 1. The van der Waals surface area contributed by atoms with Gasteiger partial charge < -0.3 is 9.84 Å². The number of rotatable bonds is 10. The van der Waals surface area contributed by atoms with Gasteiger partial charge in [-0.25, -0.2) is 9.59 Å². The molecule has 4 heteroatoms. The van der Waals surface area contributed by atoms with E-state index in [4.69, 9.17) is 9.84 Å². The zero-order chi connectivity index (χ0) is 21.6. The number of hydrogen-bond acceptors (Lipinski definition) is 3. The maximum atomic E-state index is 11.9. The van der Waals surface area contributed by atoms with E-state index in [2.05, 4.69) is 6.92 Å². The molecule has 1 fully saturated rings. The molecule has 30 heavy (non-hydrogen) atoms. The van der Waals surface area contributed by atoms with Gasteiger partial charge in [0.1, 0.15) is 6.61 Å². The van der Waals surface area contributed by atoms with Gasteiger partial charge in [-0.2, -0.15) is 0 Å². The summed E-state index contributed by atoms with van der Waals surface area (Å²) in [5.74, 6) is -0.647. The summed E-state index contributed by atoms with van der Waals surface area (Å²) in [7, 11) is 0. The van der Waals surface area contributed by atoms with Crippen LogP contribution in [0, 0.1) is 5.92 Å². The SMILES string of the molecule is CCCCCCCC1CCC1.O=C(O)c1ccccc1C(=O)OCc1ccccc1. The summed E-state index contributed by atoms with van der Waals surface area (Å²) in [4.78, 5) is 22.9. The summed E-state index contributed by atoms with van der Waals surface area (Å²) in [5.41, 5.74) is 0.857. The second kappa shape index (κ2) is 13.6. The first-order chi connectivity index (χ1) is 14.6. The molecule has 2 aromatic carbocycles. The second-order valence-electron chi connectivity index (χ2n) is 7.91. The Morgan fingerprint density at radius 1 is 0.900 bits per heavy atom. The van der Waals surface area contributed by atoms with Crippen LogP contribution in [-0.2, 0) is 11.3 Å². The van der Waals surface area contributed by atoms with E-state index in [-0.39, 0.29) is 17.7 Å². The molecule has 1 saturated carbocycles. The fourth-order valence-electron chi connectivity index (χ4n) is 3.47. The van der Waals surface area contributed by atoms with Crippen molar-refractivity contribution in [1.82, 2.24) is 0 Å². The molecule has 0 heterocycles. The molecule has 0 radical (unpaired) electrons. The number of carbonyl (C=O) groups is 2. The molecule has 1 N–H and O–H groups in total. The normalized spacial score (nSPS) is 13.0. The molecule has 0 aromatic heterocycles. The van der Waals surface area contributed by atoms with Crippen molar-refractivity contribution in [2.24, 2.45) is 5.92 Å². The third-order valence-corrected chi connectivity index (χ3v) is 5.53. The van der Waals surface area contributed by atoms with E-state index in [1.807, 2.05) is 30.3 Å². The monoisotopic (exact) mass is 410 g/mol. The van der Waals surface area contributed by atoms with Gasteiger partial charge in [-0.05, 0) is 23.6 Å². The van der Waals surface area contributed by atoms with Crippen LogP contribution in [0.2, 0.25) is 0 Å². The fourth-order valence-corrected chi connectivity index (χ4v) is 3.47. The van der Waals surface area contributed by atoms with Crippen molar-refractivity contribution in [2.45, 2.75) is 71.3 Å². The number of unbranched alkanes of at least 4 members (excludes halogenated alkanes) is 4. The Bertz CT molecular complexity index is 766. The van der Waals surface area contributed by atoms with E-state index in [1.54, 1.807) is 12.1 Å². The topological polar surface area (TPSA) is 63.6 Å². The van der Waals surface area contributed by atoms with Crippen molar-refractivity contribution in [1.29, 1.82) is 0 Å². The molecule has 0 unspecified atom stereocenters. The van der Waals surface area contributed by atoms with E-state index in [9.17, 15) is 9.59 Å². The summed E-state index contributed by atoms with van der Waals surface area (Å²) in [6.07, 6.45) is 13.4. The van der Waals surface area contributed by atoms with Crippen molar-refractivity contribution in [3.05, 3.63) is 71.3 Å². The van der Waals surface area contributed by atoms with Gasteiger partial charge in [0.05, 0.1) is 11.1 Å². The van der Waals surface area contributed by atoms with Crippen LogP contribution in [0.4, 0.5) is 0 Å². The molecular weight excluding hydrogens is 376 g/mol. The third kappa shape index (κ3) is 8.40. The number of esters is 1. The van der Waals surface area contributed by atoms with E-state index in [0.29, 0.717) is 0 Å². The molecule has 1 aliphatic carbocycles. The lowest BCUT2D eigenvalue weighted by atomic mass is 9.82. The van der Waals surface area contributed by atoms with Crippen LogP contribution in [-0.4, -0.2) is 17.0 Å². The molecule has 0 amide bonds. The number of aromatic carboxylic acids is 1. The Morgan fingerprint density at radius 3 is 2.13 bits per heavy atom. The number of carbonyl (C=O) groups excluding carboxylic acids is 1. The van der Waals surface area contributed by atoms with Gasteiger partial charge in [0.15, 0.2) is 0 Å². The molecule has 3 rings (SSSR count). The first kappa shape index (κ1) is 23.7. The fraction of sp³-hybridized carbons (Fsp3) is 0.462. The van der Waals surface area contributed by atoms with Crippen molar-refractivity contribution < 1.29 is 19.4 Å². The predicted octanol–water partition coefficient (Wildman–Crippen LogP) is 6.89. The van der Waals surface area contributed by atoms with Gasteiger partial charge >= 0.3 is 11.9 Å². The Balaban J connectivity index is 0.000000248. The summed E-state index contributed by atoms with van der Waals surface area (Å²) in [5, 5.41) is 8.99. The number of carboxylic acid groups (broad SMARTS) is 1. The minimum absolute atomic E-state index is 0.0550. The third-order valence-electron chi connectivity index (χ3n) is 5.53. The van der Waals surface area contributed by atoms with E-state index >= 15 is 0 Å². The average Bonchev–Trinajstić information content (AvgIpc) is 2.74. The first-order valence-electron chi connectivity index (χ1n) is 11.1. The van der Waals surface area contributed by atoms with Crippen LogP contribution < -0.4 is 0 Å². The van der Waals surface area contributed by atoms with Crippen LogP contribution >= 0.6 is 0 Å². The van der Waals surface area contributed by atoms with Crippen LogP contribution in [0.3, 0.4) is 0 Å². The summed E-state index contributed by atoms with van der Waals surface area (Å²) < 4.78 is 5.10. The van der Waals surface area contributed by atoms with Crippen LogP contribution in [0.1, 0.15) is 91.0 Å². The lowest BCUT2D eigenvalue weighted by molar-refractivity contribution is 0.0463. The Morgan fingerprint density at radius 2 is 1.53 bits per heavy atom. The maximum Gasteiger partial charge on any atom is 0.339 e. The molecule has 0 spiro atoms. The minimum atomic E-state index is -1.15. The largest absolute Gasteiger partial charge is 0.478 e. The minimum Gasteiger partial charge on any atom is -0.478 e. The molecular formula is C26H34O4.